The molecule has 3 saturated carbocycles. The van der Waals surface area contributed by atoms with E-state index >= 15 is 0 Å². The second-order valence-corrected chi connectivity index (χ2v) is 11.8. The van der Waals surface area contributed by atoms with E-state index in [0.717, 1.165) is 36.3 Å². The molecule has 3 aliphatic rings. The van der Waals surface area contributed by atoms with Crippen LogP contribution in [0.5, 0.6) is 0 Å². The van der Waals surface area contributed by atoms with Gasteiger partial charge in [-0.2, -0.15) is 0 Å². The van der Waals surface area contributed by atoms with Crippen LogP contribution in [0.25, 0.3) is 0 Å². The van der Waals surface area contributed by atoms with Gasteiger partial charge in [0.25, 0.3) is 0 Å². The van der Waals surface area contributed by atoms with Crippen LogP contribution in [0.15, 0.2) is 35.5 Å². The van der Waals surface area contributed by atoms with Crippen LogP contribution < -0.4 is 0 Å². The van der Waals surface area contributed by atoms with Gasteiger partial charge in [-0.1, -0.05) is 57.9 Å². The third-order valence-corrected chi connectivity index (χ3v) is 8.97. The molecule has 0 aliphatic heterocycles. The van der Waals surface area contributed by atoms with Gasteiger partial charge in [0, 0.05) is 5.92 Å². The smallest absolute Gasteiger partial charge is 0.0837 e. The highest BCUT2D eigenvalue weighted by Gasteiger charge is 2.50. The van der Waals surface area contributed by atoms with Gasteiger partial charge in [-0.25, -0.2) is 0 Å². The van der Waals surface area contributed by atoms with Crippen LogP contribution in [0.4, 0.5) is 0 Å². The third kappa shape index (κ3) is 5.37. The maximum Gasteiger partial charge on any atom is 0.0837 e. The molecule has 0 bridgehead atoms. The van der Waals surface area contributed by atoms with E-state index in [2.05, 4.69) is 32.6 Å². The predicted octanol–water partition coefficient (Wildman–Crippen LogP) is 5.95. The van der Waals surface area contributed by atoms with Crippen LogP contribution in [-0.2, 0) is 0 Å². The van der Waals surface area contributed by atoms with Crippen LogP contribution in [0.1, 0.15) is 92.4 Å². The van der Waals surface area contributed by atoms with Gasteiger partial charge in [-0.3, -0.25) is 0 Å². The molecule has 0 aromatic rings. The fourth-order valence-corrected chi connectivity index (χ4v) is 6.91. The Balaban J connectivity index is 1.71. The van der Waals surface area contributed by atoms with Gasteiger partial charge in [-0.15, -0.1) is 0 Å². The molecule has 3 N–H and O–H groups in total. The number of allylic oxidation sites excluding steroid dienone is 3. The van der Waals surface area contributed by atoms with Crippen molar-refractivity contribution in [3.05, 3.63) is 35.5 Å². The minimum Gasteiger partial charge on any atom is -0.392 e. The highest BCUT2D eigenvalue weighted by atomic mass is 16.3. The van der Waals surface area contributed by atoms with Crippen molar-refractivity contribution in [1.29, 1.82) is 0 Å². The summed E-state index contributed by atoms with van der Waals surface area (Å²) in [6.45, 7) is 14.8. The first-order chi connectivity index (χ1) is 14.4. The van der Waals surface area contributed by atoms with Crippen molar-refractivity contribution in [3.8, 4) is 0 Å². The van der Waals surface area contributed by atoms with Gasteiger partial charge in [0.1, 0.15) is 0 Å². The molecule has 0 aromatic heterocycles. The van der Waals surface area contributed by atoms with E-state index in [9.17, 15) is 15.3 Å². The first-order valence-electron chi connectivity index (χ1n) is 12.6. The van der Waals surface area contributed by atoms with E-state index in [1.165, 1.54) is 32.1 Å². The quantitative estimate of drug-likeness (QED) is 0.488. The minimum absolute atomic E-state index is 0.149. The summed E-state index contributed by atoms with van der Waals surface area (Å²) in [7, 11) is 0. The summed E-state index contributed by atoms with van der Waals surface area (Å²) in [5.41, 5.74) is 3.15. The molecule has 0 spiro atoms. The van der Waals surface area contributed by atoms with Crippen LogP contribution in [0.2, 0.25) is 0 Å². The van der Waals surface area contributed by atoms with E-state index in [-0.39, 0.29) is 5.92 Å². The Morgan fingerprint density at radius 1 is 1.23 bits per heavy atom. The summed E-state index contributed by atoms with van der Waals surface area (Å²) in [6, 6.07) is 0. The zero-order valence-electron chi connectivity index (χ0n) is 20.5. The second-order valence-electron chi connectivity index (χ2n) is 11.8. The van der Waals surface area contributed by atoms with E-state index in [1.54, 1.807) is 5.57 Å². The summed E-state index contributed by atoms with van der Waals surface area (Å²) in [5, 5.41) is 30.7. The van der Waals surface area contributed by atoms with Gasteiger partial charge >= 0.3 is 0 Å². The fourth-order valence-electron chi connectivity index (χ4n) is 6.91. The lowest BCUT2D eigenvalue weighted by atomic mass is 9.60. The van der Waals surface area contributed by atoms with Gasteiger partial charge in [0.15, 0.2) is 0 Å². The van der Waals surface area contributed by atoms with E-state index < -0.39 is 17.8 Å². The summed E-state index contributed by atoms with van der Waals surface area (Å²) < 4.78 is 0. The van der Waals surface area contributed by atoms with E-state index in [0.29, 0.717) is 23.7 Å². The molecule has 3 aliphatic carbocycles. The lowest BCUT2D eigenvalue weighted by Crippen LogP contribution is -2.36. The summed E-state index contributed by atoms with van der Waals surface area (Å²) in [5.74, 6) is 1.94. The Morgan fingerprint density at radius 2 is 1.94 bits per heavy atom. The molecule has 0 heterocycles. The zero-order valence-corrected chi connectivity index (χ0v) is 20.5. The van der Waals surface area contributed by atoms with E-state index in [1.807, 2.05) is 20.8 Å². The number of fused-ring (bicyclic) bond motifs is 1. The summed E-state index contributed by atoms with van der Waals surface area (Å²) in [6.07, 6.45) is 13.4. The normalized spacial score (nSPS) is 40.4. The maximum atomic E-state index is 10.4. The molecule has 176 valence electrons. The van der Waals surface area contributed by atoms with Crippen molar-refractivity contribution in [2.24, 2.45) is 29.1 Å². The number of aliphatic hydroxyl groups is 3. The number of hydrogen-bond donors (Lipinski definition) is 3. The van der Waals surface area contributed by atoms with Crippen molar-refractivity contribution in [2.45, 2.75) is 110 Å². The zero-order chi connectivity index (χ0) is 23.0. The average molecular weight is 431 g/mol. The average Bonchev–Trinajstić information content (AvgIpc) is 3.04. The van der Waals surface area contributed by atoms with Crippen LogP contribution in [0, 0.1) is 29.1 Å². The van der Waals surface area contributed by atoms with E-state index in [4.69, 9.17) is 0 Å². The van der Waals surface area contributed by atoms with Crippen molar-refractivity contribution in [1.82, 2.24) is 0 Å². The SMILES string of the molecule is C=C1/C(=C\C=C2/CCC[C@@]3(C)C2CC[C@@H]3[C@@H](C)CCCC(C)(C)O)C[C@H](O)[C@@H](C)[C@H]1O. The van der Waals surface area contributed by atoms with Crippen LogP contribution >= 0.6 is 0 Å². The standard InChI is InChI=1S/C28H46O3/c1-18(9-7-15-27(4,5)31)23-13-14-24-21(10-8-16-28(23,24)6)11-12-22-17-25(29)20(3)26(30)19(22)2/h11-12,18,20,23-26,29-31H,2,7-10,13-17H2,1,3-6H3/b21-11+,22-12-/t18-,20+,23+,24?,25-,26-,28+/m0/s1. The van der Waals surface area contributed by atoms with Crippen molar-refractivity contribution < 1.29 is 15.3 Å². The Bertz CT molecular complexity index is 712. The monoisotopic (exact) mass is 430 g/mol. The molecule has 31 heavy (non-hydrogen) atoms. The van der Waals surface area contributed by atoms with Crippen LogP contribution in [-0.4, -0.2) is 33.1 Å². The number of aliphatic hydroxyl groups excluding tert-OH is 2. The molecule has 0 saturated heterocycles. The Labute approximate surface area is 190 Å². The van der Waals surface area contributed by atoms with Gasteiger partial charge in [-0.05, 0) is 93.1 Å². The largest absolute Gasteiger partial charge is 0.392 e. The minimum atomic E-state index is -0.648. The Hall–Kier alpha value is -0.900. The number of rotatable bonds is 6. The van der Waals surface area contributed by atoms with Gasteiger partial charge in [0.2, 0.25) is 0 Å². The summed E-state index contributed by atoms with van der Waals surface area (Å²) in [4.78, 5) is 0. The molecule has 1 unspecified atom stereocenters. The highest BCUT2D eigenvalue weighted by molar-refractivity contribution is 5.39. The molecule has 0 amide bonds. The van der Waals surface area contributed by atoms with Crippen molar-refractivity contribution >= 4 is 0 Å². The Kier molecular flexibility index (Phi) is 7.61. The molecule has 3 nitrogen and oxygen atoms in total. The van der Waals surface area contributed by atoms with Crippen molar-refractivity contribution in [3.63, 3.8) is 0 Å². The fraction of sp³-hybridized carbons (Fsp3) is 0.786. The topological polar surface area (TPSA) is 60.7 Å². The first-order valence-corrected chi connectivity index (χ1v) is 12.6. The molecule has 7 atom stereocenters. The van der Waals surface area contributed by atoms with Crippen LogP contribution in [0.3, 0.4) is 0 Å². The Morgan fingerprint density at radius 3 is 2.61 bits per heavy atom. The molecule has 0 aromatic carbocycles. The molecular formula is C28H46O3. The lowest BCUT2D eigenvalue weighted by Gasteiger charge is -2.44. The van der Waals surface area contributed by atoms with Gasteiger partial charge < -0.3 is 15.3 Å². The van der Waals surface area contributed by atoms with Gasteiger partial charge in [0.05, 0.1) is 17.8 Å². The third-order valence-electron chi connectivity index (χ3n) is 8.97. The predicted molar refractivity (Wildman–Crippen MR) is 129 cm³/mol. The number of hydrogen-bond acceptors (Lipinski definition) is 3. The molecule has 0 radical (unpaired) electrons. The molecule has 3 fully saturated rings. The highest BCUT2D eigenvalue weighted by Crippen LogP contribution is 2.60. The second kappa shape index (κ2) is 9.53. The molecular weight excluding hydrogens is 384 g/mol. The molecule has 3 heteroatoms. The first kappa shape index (κ1) is 24.7. The summed E-state index contributed by atoms with van der Waals surface area (Å²) >= 11 is 0. The lowest BCUT2D eigenvalue weighted by molar-refractivity contribution is 0.0283. The maximum absolute atomic E-state index is 10.4. The van der Waals surface area contributed by atoms with Crippen molar-refractivity contribution in [2.75, 3.05) is 0 Å². The molecule has 3 rings (SSSR count).